The van der Waals surface area contributed by atoms with Gasteiger partial charge in [0.1, 0.15) is 5.75 Å². The van der Waals surface area contributed by atoms with Gasteiger partial charge in [0.05, 0.1) is 12.0 Å². The van der Waals surface area contributed by atoms with Crippen LogP contribution >= 0.6 is 27.3 Å². The third kappa shape index (κ3) is 3.11. The van der Waals surface area contributed by atoms with Gasteiger partial charge in [-0.15, -0.1) is 11.3 Å². The Labute approximate surface area is 118 Å². The molecule has 0 bridgehead atoms. The summed E-state index contributed by atoms with van der Waals surface area (Å²) >= 11 is 4.75. The number of ether oxygens (including phenoxy) is 1. The minimum atomic E-state index is -0.116. The molecule has 1 aromatic heterocycles. The zero-order chi connectivity index (χ0) is 13.0. The lowest BCUT2D eigenvalue weighted by Gasteiger charge is -2.04. The van der Waals surface area contributed by atoms with E-state index in [1.807, 2.05) is 29.6 Å². The summed E-state index contributed by atoms with van der Waals surface area (Å²) in [7, 11) is 1.59. The van der Waals surface area contributed by atoms with Crippen LogP contribution in [0.1, 0.15) is 15.2 Å². The average molecular weight is 326 g/mol. The second-order valence-corrected chi connectivity index (χ2v) is 5.11. The quantitative estimate of drug-likeness (QED) is 0.865. The lowest BCUT2D eigenvalue weighted by molar-refractivity contribution is 0.103. The molecule has 1 N–H and O–H groups in total. The molecule has 1 aromatic carbocycles. The van der Waals surface area contributed by atoms with Crippen molar-refractivity contribution < 1.29 is 9.53 Å². The van der Waals surface area contributed by atoms with Crippen LogP contribution in [0.25, 0.3) is 0 Å². The van der Waals surface area contributed by atoms with Crippen LogP contribution in [0, 0.1) is 0 Å². The Morgan fingerprint density at radius 3 is 2.67 bits per heavy atom. The molecule has 2 rings (SSSR count). The monoisotopic (exact) mass is 325 g/mol. The third-order valence-electron chi connectivity index (χ3n) is 2.40. The number of hydrogen-bond acceptors (Lipinski definition) is 3. The molecule has 0 aliphatic carbocycles. The molecule has 0 fully saturated rings. The van der Waals surface area contributed by atoms with Crippen LogP contribution in [-0.4, -0.2) is 13.0 Å². The Kier molecular flexibility index (Phi) is 4.38. The van der Waals surface area contributed by atoms with E-state index in [2.05, 4.69) is 21.2 Å². The molecule has 0 unspecified atom stereocenters. The molecular formula is C13H12BrNO2S. The van der Waals surface area contributed by atoms with Crippen molar-refractivity contribution in [2.45, 2.75) is 5.33 Å². The van der Waals surface area contributed by atoms with Gasteiger partial charge in [0.15, 0.2) is 0 Å². The number of nitrogens with one attached hydrogen (secondary N) is 1. The maximum atomic E-state index is 11.9. The predicted octanol–water partition coefficient (Wildman–Crippen LogP) is 3.90. The molecule has 0 atom stereocenters. The van der Waals surface area contributed by atoms with E-state index in [1.165, 1.54) is 16.9 Å². The Morgan fingerprint density at radius 1 is 1.39 bits per heavy atom. The molecule has 0 saturated carbocycles. The zero-order valence-corrected chi connectivity index (χ0v) is 12.2. The van der Waals surface area contributed by atoms with Gasteiger partial charge in [-0.05, 0) is 17.7 Å². The Hall–Kier alpha value is -1.33. The Balaban J connectivity index is 2.06. The van der Waals surface area contributed by atoms with Crippen molar-refractivity contribution in [1.82, 2.24) is 0 Å². The van der Waals surface area contributed by atoms with Gasteiger partial charge in [0.25, 0.3) is 5.91 Å². The number of amides is 1. The highest BCUT2D eigenvalue weighted by atomic mass is 79.9. The van der Waals surface area contributed by atoms with Gasteiger partial charge in [0, 0.05) is 22.5 Å². The first-order chi connectivity index (χ1) is 8.72. The maximum absolute atomic E-state index is 11.9. The molecule has 5 heteroatoms. The van der Waals surface area contributed by atoms with Crippen LogP contribution in [-0.2, 0) is 5.33 Å². The highest BCUT2D eigenvalue weighted by molar-refractivity contribution is 9.08. The van der Waals surface area contributed by atoms with E-state index in [4.69, 9.17) is 4.74 Å². The number of methoxy groups -OCH3 is 1. The fraction of sp³-hybridized carbons (Fsp3) is 0.154. The van der Waals surface area contributed by atoms with Crippen LogP contribution in [0.2, 0.25) is 0 Å². The zero-order valence-electron chi connectivity index (χ0n) is 9.77. The summed E-state index contributed by atoms with van der Waals surface area (Å²) in [5, 5.41) is 5.46. The molecule has 2 aromatic rings. The van der Waals surface area contributed by atoms with Gasteiger partial charge in [0.2, 0.25) is 0 Å². The maximum Gasteiger partial charge on any atom is 0.265 e. The summed E-state index contributed by atoms with van der Waals surface area (Å²) in [5.74, 6) is 0.592. The molecule has 0 radical (unpaired) electrons. The topological polar surface area (TPSA) is 38.3 Å². The Bertz CT molecular complexity index is 536. The standard InChI is InChI=1S/C13H12BrNO2S/c1-17-11-6-12(18-8-11)13(16)15-10-4-2-9(7-14)3-5-10/h2-6,8H,7H2,1H3,(H,15,16). The first-order valence-electron chi connectivity index (χ1n) is 5.31. The van der Waals surface area contributed by atoms with Crippen LogP contribution in [0.5, 0.6) is 5.75 Å². The number of alkyl halides is 1. The number of carbonyl (C=O) groups excluding carboxylic acids is 1. The lowest BCUT2D eigenvalue weighted by atomic mass is 10.2. The normalized spacial score (nSPS) is 10.1. The first kappa shape index (κ1) is 13.1. The second kappa shape index (κ2) is 6.02. The van der Waals surface area contributed by atoms with Crippen LogP contribution in [0.15, 0.2) is 35.7 Å². The molecule has 0 saturated heterocycles. The fourth-order valence-electron chi connectivity index (χ4n) is 1.41. The second-order valence-electron chi connectivity index (χ2n) is 3.64. The van der Waals surface area contributed by atoms with E-state index in [0.29, 0.717) is 10.6 Å². The fourth-order valence-corrected chi connectivity index (χ4v) is 2.54. The van der Waals surface area contributed by atoms with Gasteiger partial charge >= 0.3 is 0 Å². The number of thiophene rings is 1. The molecule has 1 heterocycles. The summed E-state index contributed by atoms with van der Waals surface area (Å²) in [6.07, 6.45) is 0. The molecule has 18 heavy (non-hydrogen) atoms. The molecule has 94 valence electrons. The summed E-state index contributed by atoms with van der Waals surface area (Å²) in [6, 6.07) is 9.45. The van der Waals surface area contributed by atoms with Crippen LogP contribution < -0.4 is 10.1 Å². The minimum absolute atomic E-state index is 0.116. The van der Waals surface area contributed by atoms with Gasteiger partial charge in [-0.3, -0.25) is 4.79 Å². The van der Waals surface area contributed by atoms with E-state index in [-0.39, 0.29) is 5.91 Å². The van der Waals surface area contributed by atoms with Crippen LogP contribution in [0.3, 0.4) is 0 Å². The smallest absolute Gasteiger partial charge is 0.265 e. The van der Waals surface area contributed by atoms with Crippen molar-refractivity contribution >= 4 is 38.9 Å². The number of carbonyl (C=O) groups is 1. The largest absolute Gasteiger partial charge is 0.496 e. The number of anilines is 1. The van der Waals surface area contributed by atoms with Crippen molar-refractivity contribution in [2.75, 3.05) is 12.4 Å². The predicted molar refractivity (Wildman–Crippen MR) is 77.9 cm³/mol. The summed E-state index contributed by atoms with van der Waals surface area (Å²) in [5.41, 5.74) is 1.96. The van der Waals surface area contributed by atoms with E-state index < -0.39 is 0 Å². The molecule has 1 amide bonds. The third-order valence-corrected chi connectivity index (χ3v) is 3.96. The van der Waals surface area contributed by atoms with E-state index in [1.54, 1.807) is 13.2 Å². The number of benzene rings is 1. The number of hydrogen-bond donors (Lipinski definition) is 1. The summed E-state index contributed by atoms with van der Waals surface area (Å²) in [6.45, 7) is 0. The highest BCUT2D eigenvalue weighted by Crippen LogP contribution is 2.22. The van der Waals surface area contributed by atoms with Gasteiger partial charge in [-0.1, -0.05) is 28.1 Å². The van der Waals surface area contributed by atoms with Gasteiger partial charge in [-0.2, -0.15) is 0 Å². The van der Waals surface area contributed by atoms with Crippen molar-refractivity contribution in [2.24, 2.45) is 0 Å². The number of rotatable bonds is 4. The summed E-state index contributed by atoms with van der Waals surface area (Å²) in [4.78, 5) is 12.6. The molecule has 0 spiro atoms. The summed E-state index contributed by atoms with van der Waals surface area (Å²) < 4.78 is 5.05. The molecule has 0 aliphatic rings. The first-order valence-corrected chi connectivity index (χ1v) is 7.32. The van der Waals surface area contributed by atoms with E-state index >= 15 is 0 Å². The molecule has 3 nitrogen and oxygen atoms in total. The molecule has 0 aliphatic heterocycles. The highest BCUT2D eigenvalue weighted by Gasteiger charge is 2.09. The van der Waals surface area contributed by atoms with Gasteiger partial charge < -0.3 is 10.1 Å². The lowest BCUT2D eigenvalue weighted by Crippen LogP contribution is -2.09. The number of halogens is 1. The van der Waals surface area contributed by atoms with Crippen molar-refractivity contribution in [3.8, 4) is 5.75 Å². The van der Waals surface area contributed by atoms with Crippen molar-refractivity contribution in [3.05, 3.63) is 46.2 Å². The van der Waals surface area contributed by atoms with Crippen molar-refractivity contribution in [1.29, 1.82) is 0 Å². The van der Waals surface area contributed by atoms with E-state index in [0.717, 1.165) is 11.0 Å². The van der Waals surface area contributed by atoms with Crippen molar-refractivity contribution in [3.63, 3.8) is 0 Å². The van der Waals surface area contributed by atoms with E-state index in [9.17, 15) is 4.79 Å². The minimum Gasteiger partial charge on any atom is -0.496 e. The van der Waals surface area contributed by atoms with Crippen LogP contribution in [0.4, 0.5) is 5.69 Å². The molecular weight excluding hydrogens is 314 g/mol. The SMILES string of the molecule is COc1csc(C(=O)Nc2ccc(CBr)cc2)c1. The average Bonchev–Trinajstić information content (AvgIpc) is 2.88. The Morgan fingerprint density at radius 2 is 2.11 bits per heavy atom. The van der Waals surface area contributed by atoms with Gasteiger partial charge in [-0.25, -0.2) is 0 Å².